The topological polar surface area (TPSA) is 24.7 Å². The summed E-state index contributed by atoms with van der Waals surface area (Å²) in [7, 11) is 0. The maximum atomic E-state index is 9.81. The Morgan fingerprint density at radius 2 is 1.61 bits per heavy atom. The van der Waals surface area contributed by atoms with Gasteiger partial charge in [-0.25, -0.2) is 0 Å². The van der Waals surface area contributed by atoms with Gasteiger partial charge in [0.1, 0.15) is 12.3 Å². The van der Waals surface area contributed by atoms with Crippen LogP contribution in [0.15, 0.2) is 12.1 Å². The van der Waals surface area contributed by atoms with Crippen molar-refractivity contribution in [2.45, 2.75) is 40.7 Å². The van der Waals surface area contributed by atoms with Crippen LogP contribution in [0.3, 0.4) is 0 Å². The summed E-state index contributed by atoms with van der Waals surface area (Å²) < 4.78 is 0. The molecule has 0 amide bonds. The van der Waals surface area contributed by atoms with Gasteiger partial charge in [0.05, 0.1) is 13.1 Å². The summed E-state index contributed by atoms with van der Waals surface area (Å²) in [5.74, 6) is 2.13. The molecule has 0 aromatic heterocycles. The van der Waals surface area contributed by atoms with Gasteiger partial charge in [-0.2, -0.15) is 0 Å². The van der Waals surface area contributed by atoms with Gasteiger partial charge in [0, 0.05) is 17.4 Å². The van der Waals surface area contributed by atoms with Crippen LogP contribution < -0.4 is 4.90 Å². The summed E-state index contributed by atoms with van der Waals surface area (Å²) in [5, 5.41) is 9.81. The lowest BCUT2D eigenvalue weighted by Gasteiger charge is -2.32. The standard InChI is InChI=1S/C16H25NO/c1-11-5-12(2)9-17(8-11)10-15-6-13(3)16(18)14(4)7-15/h6-7,11-12,18H,5,8-10H2,1-4H3/p+1/t11-,12-/m0/s1. The smallest absolute Gasteiger partial charge is 0.121 e. The molecule has 0 bridgehead atoms. The minimum Gasteiger partial charge on any atom is -0.507 e. The Morgan fingerprint density at radius 3 is 2.11 bits per heavy atom. The van der Waals surface area contributed by atoms with Crippen molar-refractivity contribution in [3.63, 3.8) is 0 Å². The lowest BCUT2D eigenvalue weighted by atomic mass is 9.91. The molecule has 2 rings (SSSR count). The molecule has 1 heterocycles. The lowest BCUT2D eigenvalue weighted by molar-refractivity contribution is -0.925. The minimum absolute atomic E-state index is 0.453. The summed E-state index contributed by atoms with van der Waals surface area (Å²) in [6.07, 6.45) is 1.37. The predicted octanol–water partition coefficient (Wildman–Crippen LogP) is 2.07. The second kappa shape index (κ2) is 5.31. The van der Waals surface area contributed by atoms with Gasteiger partial charge in [0.25, 0.3) is 0 Å². The van der Waals surface area contributed by atoms with Gasteiger partial charge in [-0.15, -0.1) is 0 Å². The molecule has 1 aromatic rings. The van der Waals surface area contributed by atoms with Gasteiger partial charge in [0.2, 0.25) is 0 Å². The summed E-state index contributed by atoms with van der Waals surface area (Å²) in [5.41, 5.74) is 3.36. The summed E-state index contributed by atoms with van der Waals surface area (Å²) in [4.78, 5) is 1.69. The highest BCUT2D eigenvalue weighted by molar-refractivity contribution is 5.41. The van der Waals surface area contributed by atoms with E-state index < -0.39 is 0 Å². The largest absolute Gasteiger partial charge is 0.507 e. The first-order valence-electron chi connectivity index (χ1n) is 7.08. The number of nitrogens with one attached hydrogen (secondary N) is 1. The third-order valence-corrected chi connectivity index (χ3v) is 4.08. The van der Waals surface area contributed by atoms with Crippen molar-refractivity contribution >= 4 is 0 Å². The van der Waals surface area contributed by atoms with E-state index in [4.69, 9.17) is 0 Å². The first-order valence-corrected chi connectivity index (χ1v) is 7.08. The van der Waals surface area contributed by atoms with Gasteiger partial charge in [-0.05, 0) is 43.5 Å². The number of phenols is 1. The van der Waals surface area contributed by atoms with Crippen molar-refractivity contribution in [2.75, 3.05) is 13.1 Å². The number of aryl methyl sites for hydroxylation is 2. The van der Waals surface area contributed by atoms with Crippen LogP contribution in [0.5, 0.6) is 5.75 Å². The predicted molar refractivity (Wildman–Crippen MR) is 74.9 cm³/mol. The number of aromatic hydroxyl groups is 1. The van der Waals surface area contributed by atoms with Crippen LogP contribution in [-0.2, 0) is 6.54 Å². The Labute approximate surface area is 111 Å². The lowest BCUT2D eigenvalue weighted by Crippen LogP contribution is -3.13. The van der Waals surface area contributed by atoms with Crippen LogP contribution in [-0.4, -0.2) is 18.2 Å². The molecule has 2 atom stereocenters. The monoisotopic (exact) mass is 248 g/mol. The van der Waals surface area contributed by atoms with Gasteiger partial charge in [-0.1, -0.05) is 13.8 Å². The maximum Gasteiger partial charge on any atom is 0.121 e. The number of quaternary nitrogens is 1. The molecular formula is C16H26NO+. The normalized spacial score (nSPS) is 28.3. The molecule has 0 radical (unpaired) electrons. The van der Waals surface area contributed by atoms with Crippen LogP contribution in [0.4, 0.5) is 0 Å². The molecule has 1 aromatic carbocycles. The Balaban J connectivity index is 2.09. The van der Waals surface area contributed by atoms with E-state index in [1.165, 1.54) is 25.1 Å². The highest BCUT2D eigenvalue weighted by Crippen LogP contribution is 2.22. The van der Waals surface area contributed by atoms with E-state index in [-0.39, 0.29) is 0 Å². The third-order valence-electron chi connectivity index (χ3n) is 4.08. The van der Waals surface area contributed by atoms with Crippen LogP contribution in [0.25, 0.3) is 0 Å². The Bertz CT molecular complexity index is 394. The number of phenolic OH excluding ortho intramolecular Hbond substituents is 1. The molecule has 1 aliphatic rings. The maximum absolute atomic E-state index is 9.81. The minimum atomic E-state index is 0.453. The van der Waals surface area contributed by atoms with Crippen LogP contribution >= 0.6 is 0 Å². The zero-order chi connectivity index (χ0) is 13.3. The van der Waals surface area contributed by atoms with E-state index in [1.807, 2.05) is 13.8 Å². The number of benzene rings is 1. The first kappa shape index (κ1) is 13.4. The Morgan fingerprint density at radius 1 is 1.11 bits per heavy atom. The molecule has 0 spiro atoms. The average molecular weight is 248 g/mol. The zero-order valence-corrected chi connectivity index (χ0v) is 12.1. The van der Waals surface area contributed by atoms with Crippen LogP contribution in [0.2, 0.25) is 0 Å². The van der Waals surface area contributed by atoms with E-state index in [0.29, 0.717) is 5.75 Å². The molecule has 2 heteroatoms. The molecule has 2 nitrogen and oxygen atoms in total. The van der Waals surface area contributed by atoms with E-state index in [0.717, 1.165) is 29.5 Å². The fourth-order valence-electron chi connectivity index (χ4n) is 3.50. The van der Waals surface area contributed by atoms with Crippen LogP contribution in [0.1, 0.15) is 37.0 Å². The molecule has 0 unspecified atom stereocenters. The van der Waals surface area contributed by atoms with Gasteiger partial charge in [0.15, 0.2) is 0 Å². The number of hydrogen-bond acceptors (Lipinski definition) is 1. The van der Waals surface area contributed by atoms with Gasteiger partial charge in [-0.3, -0.25) is 0 Å². The SMILES string of the molecule is Cc1cc(C[NH+]2C[C@@H](C)C[C@H](C)C2)cc(C)c1O. The number of likely N-dealkylation sites (tertiary alicyclic amines) is 1. The Kier molecular flexibility index (Phi) is 3.96. The van der Waals surface area contributed by atoms with Gasteiger partial charge >= 0.3 is 0 Å². The third kappa shape index (κ3) is 3.05. The molecule has 1 aliphatic heterocycles. The molecule has 2 N–H and O–H groups in total. The molecule has 0 saturated carbocycles. The molecule has 1 fully saturated rings. The fourth-order valence-corrected chi connectivity index (χ4v) is 3.50. The van der Waals surface area contributed by atoms with E-state index in [9.17, 15) is 5.11 Å². The quantitative estimate of drug-likeness (QED) is 0.823. The highest BCUT2D eigenvalue weighted by Gasteiger charge is 2.25. The van der Waals surface area contributed by atoms with Crippen molar-refractivity contribution in [1.82, 2.24) is 0 Å². The Hall–Kier alpha value is -1.02. The van der Waals surface area contributed by atoms with Crippen LogP contribution in [0, 0.1) is 25.7 Å². The van der Waals surface area contributed by atoms with E-state index in [2.05, 4.69) is 26.0 Å². The molecule has 18 heavy (non-hydrogen) atoms. The van der Waals surface area contributed by atoms with E-state index >= 15 is 0 Å². The van der Waals surface area contributed by atoms with Crippen molar-refractivity contribution in [1.29, 1.82) is 0 Å². The highest BCUT2D eigenvalue weighted by atomic mass is 16.3. The molecule has 1 saturated heterocycles. The second-order valence-corrected chi connectivity index (χ2v) is 6.36. The summed E-state index contributed by atoms with van der Waals surface area (Å²) in [6.45, 7) is 12.4. The molecular weight excluding hydrogens is 222 g/mol. The van der Waals surface area contributed by atoms with Gasteiger partial charge < -0.3 is 10.0 Å². The zero-order valence-electron chi connectivity index (χ0n) is 12.1. The van der Waals surface area contributed by atoms with Crippen molar-refractivity contribution < 1.29 is 10.0 Å². The summed E-state index contributed by atoms with van der Waals surface area (Å²) >= 11 is 0. The molecule has 100 valence electrons. The number of hydrogen-bond donors (Lipinski definition) is 2. The van der Waals surface area contributed by atoms with Crippen molar-refractivity contribution in [3.05, 3.63) is 28.8 Å². The number of rotatable bonds is 2. The molecule has 0 aliphatic carbocycles. The average Bonchev–Trinajstić information content (AvgIpc) is 2.24. The second-order valence-electron chi connectivity index (χ2n) is 6.36. The number of piperidine rings is 1. The van der Waals surface area contributed by atoms with Crippen molar-refractivity contribution in [2.24, 2.45) is 11.8 Å². The van der Waals surface area contributed by atoms with Crippen molar-refractivity contribution in [3.8, 4) is 5.75 Å². The fraction of sp³-hybridized carbons (Fsp3) is 0.625. The van der Waals surface area contributed by atoms with E-state index in [1.54, 1.807) is 4.90 Å². The summed E-state index contributed by atoms with van der Waals surface area (Å²) in [6, 6.07) is 4.28. The first-order chi connectivity index (χ1) is 8.45.